The van der Waals surface area contributed by atoms with E-state index in [1.165, 1.54) is 16.9 Å². The van der Waals surface area contributed by atoms with Crippen LogP contribution in [0, 0.1) is 11.5 Å². The number of nitrogens with one attached hydrogen (secondary N) is 2. The number of amides is 1. The van der Waals surface area contributed by atoms with E-state index in [1.807, 2.05) is 60.2 Å². The molecule has 2 aliphatic heterocycles. The number of pyridine rings is 1. The number of aromatic nitrogens is 1. The first-order valence-corrected chi connectivity index (χ1v) is 14.2. The molecule has 0 saturated carbocycles. The number of nitrogens with zero attached hydrogens (tertiary/aromatic N) is 6. The fourth-order valence-electron chi connectivity index (χ4n) is 5.33. The van der Waals surface area contributed by atoms with E-state index < -0.39 is 0 Å². The number of carbonyl (C=O) groups excluding carboxylic acids is 1. The Morgan fingerprint density at radius 2 is 1.95 bits per heavy atom. The molecule has 1 saturated heterocycles. The molecule has 1 amide bonds. The minimum Gasteiger partial charge on any atom is -0.380 e. The lowest BCUT2D eigenvalue weighted by molar-refractivity contribution is 0.103. The van der Waals surface area contributed by atoms with Gasteiger partial charge in [-0.1, -0.05) is 24.3 Å². The van der Waals surface area contributed by atoms with Gasteiger partial charge in [-0.05, 0) is 60.3 Å². The molecule has 0 radical (unpaired) electrons. The third-order valence-electron chi connectivity index (χ3n) is 7.50. The van der Waals surface area contributed by atoms with Crippen LogP contribution in [0.1, 0.15) is 20.8 Å². The second kappa shape index (κ2) is 11.3. The van der Waals surface area contributed by atoms with Crippen LogP contribution in [0.5, 0.6) is 0 Å². The number of rotatable bonds is 5. The molecule has 0 unspecified atom stereocenters. The Balaban J connectivity index is 1.18. The van der Waals surface area contributed by atoms with Crippen molar-refractivity contribution in [3.63, 3.8) is 0 Å². The minimum atomic E-state index is -0.161. The zero-order chi connectivity index (χ0) is 27.5. The lowest BCUT2D eigenvalue weighted by atomic mass is 10.1. The van der Waals surface area contributed by atoms with Crippen LogP contribution in [-0.2, 0) is 13.0 Å². The van der Waals surface area contributed by atoms with Gasteiger partial charge < -0.3 is 25.3 Å². The van der Waals surface area contributed by atoms with Gasteiger partial charge in [0.2, 0.25) is 12.2 Å². The van der Waals surface area contributed by atoms with E-state index in [1.54, 1.807) is 0 Å². The van der Waals surface area contributed by atoms with Crippen molar-refractivity contribution in [3.8, 4) is 6.19 Å². The topological polar surface area (TPSA) is 99.9 Å². The van der Waals surface area contributed by atoms with Crippen molar-refractivity contribution in [1.29, 1.82) is 5.26 Å². The summed E-state index contributed by atoms with van der Waals surface area (Å²) >= 11 is 1.41. The number of carbonyl (C=O) groups is 1. The summed E-state index contributed by atoms with van der Waals surface area (Å²) in [4.78, 5) is 29.2. The normalized spacial score (nSPS) is 15.7. The van der Waals surface area contributed by atoms with Crippen molar-refractivity contribution in [2.45, 2.75) is 13.0 Å². The molecule has 2 aliphatic rings. The molecule has 2 aromatic carbocycles. The Labute approximate surface area is 237 Å². The van der Waals surface area contributed by atoms with E-state index in [4.69, 9.17) is 0 Å². The number of guanidine groups is 1. The molecule has 0 aliphatic carbocycles. The van der Waals surface area contributed by atoms with Gasteiger partial charge in [-0.2, -0.15) is 5.26 Å². The van der Waals surface area contributed by atoms with Crippen molar-refractivity contribution in [1.82, 2.24) is 14.8 Å². The maximum Gasteiger partial charge on any atom is 0.267 e. The van der Waals surface area contributed by atoms with E-state index in [0.717, 1.165) is 67.0 Å². The molecule has 0 atom stereocenters. The van der Waals surface area contributed by atoms with E-state index >= 15 is 0 Å². The number of thiophene rings is 1. The van der Waals surface area contributed by atoms with Crippen LogP contribution in [-0.4, -0.2) is 66.4 Å². The van der Waals surface area contributed by atoms with Gasteiger partial charge in [0.25, 0.3) is 5.91 Å². The summed E-state index contributed by atoms with van der Waals surface area (Å²) in [5.74, 6) is 0.526. The summed E-state index contributed by atoms with van der Waals surface area (Å²) in [6.45, 7) is 4.83. The Hall–Kier alpha value is -4.46. The molecule has 4 heterocycles. The van der Waals surface area contributed by atoms with Crippen molar-refractivity contribution in [3.05, 3.63) is 82.2 Å². The largest absolute Gasteiger partial charge is 0.380 e. The van der Waals surface area contributed by atoms with Crippen LogP contribution in [0.2, 0.25) is 0 Å². The molecule has 202 valence electrons. The van der Waals surface area contributed by atoms with Gasteiger partial charge in [-0.3, -0.25) is 9.78 Å². The number of fused-ring (bicyclic) bond motifs is 2. The molecule has 40 heavy (non-hydrogen) atoms. The highest BCUT2D eigenvalue weighted by Crippen LogP contribution is 2.33. The summed E-state index contributed by atoms with van der Waals surface area (Å²) < 4.78 is 0. The number of hydrogen-bond donors (Lipinski definition) is 2. The molecular weight excluding hydrogens is 520 g/mol. The Morgan fingerprint density at radius 3 is 2.80 bits per heavy atom. The fraction of sp³-hybridized carbons (Fsp3) is 0.267. The van der Waals surface area contributed by atoms with Gasteiger partial charge >= 0.3 is 0 Å². The second-order valence-electron chi connectivity index (χ2n) is 10.0. The highest BCUT2D eigenvalue weighted by Gasteiger charge is 2.29. The molecular formula is C30H30N8OS. The first kappa shape index (κ1) is 25.8. The van der Waals surface area contributed by atoms with E-state index in [9.17, 15) is 10.1 Å². The number of anilines is 3. The number of hydrogen-bond acceptors (Lipinski definition) is 7. The summed E-state index contributed by atoms with van der Waals surface area (Å²) in [5.41, 5.74) is 5.75. The molecule has 1 fully saturated rings. The summed E-state index contributed by atoms with van der Waals surface area (Å²) in [7, 11) is 2.11. The van der Waals surface area contributed by atoms with Gasteiger partial charge in [-0.25, -0.2) is 0 Å². The van der Waals surface area contributed by atoms with Gasteiger partial charge in [0.15, 0.2) is 0 Å². The van der Waals surface area contributed by atoms with Gasteiger partial charge in [0.05, 0.1) is 11.2 Å². The quantitative estimate of drug-likeness (QED) is 0.213. The third-order valence-corrected chi connectivity index (χ3v) is 8.41. The summed E-state index contributed by atoms with van der Waals surface area (Å²) in [6.07, 6.45) is 4.68. The van der Waals surface area contributed by atoms with E-state index in [2.05, 4.69) is 54.5 Å². The lowest BCUT2D eigenvalue weighted by Gasteiger charge is -2.37. The summed E-state index contributed by atoms with van der Waals surface area (Å²) in [5, 5.41) is 19.0. The molecule has 6 rings (SSSR count). The van der Waals surface area contributed by atoms with Crippen molar-refractivity contribution in [2.75, 3.05) is 55.3 Å². The van der Waals surface area contributed by atoms with Crippen LogP contribution < -0.4 is 15.5 Å². The van der Waals surface area contributed by atoms with Gasteiger partial charge in [0, 0.05) is 62.2 Å². The van der Waals surface area contributed by atoms with Gasteiger partial charge in [-0.15, -0.1) is 16.3 Å². The summed E-state index contributed by atoms with van der Waals surface area (Å²) in [6, 6.07) is 18.0. The van der Waals surface area contributed by atoms with Crippen LogP contribution in [0.25, 0.3) is 10.9 Å². The Kier molecular flexibility index (Phi) is 7.31. The predicted octanol–water partition coefficient (Wildman–Crippen LogP) is 4.61. The molecule has 0 spiro atoms. The fourth-order valence-corrected chi connectivity index (χ4v) is 6.09. The SMILES string of the molecule is CN1CCN(C(=NC#N)N2CCc3ccc(NC(=O)c4sccc4NCc4ccnc5ccccc45)cc32)CC1. The number of aliphatic imine (C=N–C) groups is 1. The van der Waals surface area contributed by atoms with Crippen LogP contribution in [0.4, 0.5) is 17.1 Å². The second-order valence-corrected chi connectivity index (χ2v) is 10.9. The average Bonchev–Trinajstić information content (AvgIpc) is 3.62. The molecule has 2 aromatic heterocycles. The van der Waals surface area contributed by atoms with Crippen molar-refractivity contribution in [2.24, 2.45) is 4.99 Å². The highest BCUT2D eigenvalue weighted by atomic mass is 32.1. The molecule has 2 N–H and O–H groups in total. The van der Waals surface area contributed by atoms with Crippen LogP contribution in [0.15, 0.2) is 71.2 Å². The third kappa shape index (κ3) is 5.21. The van der Waals surface area contributed by atoms with Crippen molar-refractivity contribution < 1.29 is 4.79 Å². The Morgan fingerprint density at radius 1 is 1.10 bits per heavy atom. The first-order chi connectivity index (χ1) is 19.6. The number of para-hydroxylation sites is 1. The smallest absolute Gasteiger partial charge is 0.267 e. The molecule has 4 aromatic rings. The molecule has 0 bridgehead atoms. The highest BCUT2D eigenvalue weighted by molar-refractivity contribution is 7.12. The maximum atomic E-state index is 13.4. The number of piperazine rings is 1. The molecule has 9 nitrogen and oxygen atoms in total. The standard InChI is InChI=1S/C30H30N8OS/c1-36-13-15-37(16-14-36)30(34-20-31)38-12-9-21-6-7-23(18-27(21)38)35-29(39)28-26(10-17-40-28)33-19-22-8-11-32-25-5-3-2-4-24(22)25/h2-8,10-11,17-18,33H,9,12-16,19H2,1H3,(H,35,39). The minimum absolute atomic E-state index is 0.161. The predicted molar refractivity (Wildman–Crippen MR) is 161 cm³/mol. The lowest BCUT2D eigenvalue weighted by Crippen LogP contribution is -2.52. The monoisotopic (exact) mass is 550 g/mol. The zero-order valence-corrected chi connectivity index (χ0v) is 23.1. The van der Waals surface area contributed by atoms with E-state index in [-0.39, 0.29) is 5.91 Å². The van der Waals surface area contributed by atoms with Crippen LogP contribution >= 0.6 is 11.3 Å². The number of likely N-dealkylation sites (N-methyl/N-ethyl adjacent to an activating group) is 1. The van der Waals surface area contributed by atoms with Gasteiger partial charge in [0.1, 0.15) is 4.88 Å². The van der Waals surface area contributed by atoms with Crippen LogP contribution in [0.3, 0.4) is 0 Å². The first-order valence-electron chi connectivity index (χ1n) is 13.4. The van der Waals surface area contributed by atoms with E-state index in [0.29, 0.717) is 23.1 Å². The van der Waals surface area contributed by atoms with Crippen molar-refractivity contribution >= 4 is 51.2 Å². The zero-order valence-electron chi connectivity index (χ0n) is 22.3. The Bertz CT molecular complexity index is 1610. The number of benzene rings is 2. The average molecular weight is 551 g/mol. The number of nitriles is 1. The maximum absolute atomic E-state index is 13.4. The molecule has 10 heteroatoms.